The Balaban J connectivity index is 1.35. The SMILES string of the molecule is N[C@@H](Cc1ccc(OCc2ccccc2)cc1)C(=O)C(C(=O)Nc1n[nH]c(=S)s1)N(C(=O)OCc1ccccc1)C1CCCCC1. The van der Waals surface area contributed by atoms with Crippen molar-refractivity contribution in [2.24, 2.45) is 5.73 Å². The molecule has 1 heterocycles. The van der Waals surface area contributed by atoms with Gasteiger partial charge in [-0.1, -0.05) is 103 Å². The van der Waals surface area contributed by atoms with Crippen molar-refractivity contribution in [3.05, 3.63) is 106 Å². The summed E-state index contributed by atoms with van der Waals surface area (Å²) in [6.45, 7) is 0.424. The van der Waals surface area contributed by atoms with Gasteiger partial charge >= 0.3 is 6.09 Å². The molecule has 1 aliphatic carbocycles. The first-order chi connectivity index (χ1) is 22.4. The molecule has 10 nitrogen and oxygen atoms in total. The minimum Gasteiger partial charge on any atom is -0.489 e. The van der Waals surface area contributed by atoms with E-state index in [1.165, 1.54) is 4.90 Å². The first-order valence-electron chi connectivity index (χ1n) is 15.3. The van der Waals surface area contributed by atoms with Crippen LogP contribution in [0.15, 0.2) is 84.9 Å². The maximum atomic E-state index is 14.2. The molecule has 0 bridgehead atoms. The number of nitrogens with one attached hydrogen (secondary N) is 2. The monoisotopic (exact) mass is 659 g/mol. The largest absolute Gasteiger partial charge is 0.489 e. The number of H-pyrrole nitrogens is 1. The molecule has 0 spiro atoms. The predicted molar refractivity (Wildman–Crippen MR) is 179 cm³/mol. The number of carbonyl (C=O) groups is 3. The average Bonchev–Trinajstić information content (AvgIpc) is 3.50. The molecule has 1 aliphatic rings. The molecule has 2 atom stereocenters. The lowest BCUT2D eigenvalue weighted by molar-refractivity contribution is -0.134. The molecule has 4 N–H and O–H groups in total. The van der Waals surface area contributed by atoms with Crippen LogP contribution in [0.4, 0.5) is 9.93 Å². The smallest absolute Gasteiger partial charge is 0.411 e. The maximum absolute atomic E-state index is 14.2. The number of ether oxygens (including phenoxy) is 2. The van der Waals surface area contributed by atoms with Crippen LogP contribution in [0.2, 0.25) is 0 Å². The van der Waals surface area contributed by atoms with Gasteiger partial charge in [0.1, 0.15) is 19.0 Å². The number of hydrogen-bond donors (Lipinski definition) is 3. The molecular formula is C34H37N5O5S2. The summed E-state index contributed by atoms with van der Waals surface area (Å²) in [6.07, 6.45) is 3.42. The molecule has 1 fully saturated rings. The number of ketones is 1. The fraction of sp³-hybridized carbons (Fsp3) is 0.324. The fourth-order valence-corrected chi connectivity index (χ4v) is 6.28. The number of benzene rings is 3. The van der Waals surface area contributed by atoms with Crippen molar-refractivity contribution in [1.29, 1.82) is 0 Å². The fourth-order valence-electron chi connectivity index (χ4n) is 5.49. The molecule has 0 saturated heterocycles. The summed E-state index contributed by atoms with van der Waals surface area (Å²) in [4.78, 5) is 43.1. The van der Waals surface area contributed by atoms with Crippen LogP contribution in [0.5, 0.6) is 5.75 Å². The Morgan fingerprint density at radius 3 is 2.15 bits per heavy atom. The van der Waals surface area contributed by atoms with E-state index in [0.717, 1.165) is 47.3 Å². The van der Waals surface area contributed by atoms with E-state index in [9.17, 15) is 14.4 Å². The minimum absolute atomic E-state index is 0.00306. The lowest BCUT2D eigenvalue weighted by atomic mass is 9.91. The number of rotatable bonds is 13. The van der Waals surface area contributed by atoms with Crippen LogP contribution in [-0.4, -0.2) is 51.0 Å². The van der Waals surface area contributed by atoms with Crippen LogP contribution >= 0.6 is 23.6 Å². The summed E-state index contributed by atoms with van der Waals surface area (Å²) in [7, 11) is 0. The van der Waals surface area contributed by atoms with E-state index >= 15 is 0 Å². The molecule has 12 heteroatoms. The van der Waals surface area contributed by atoms with Crippen molar-refractivity contribution in [2.75, 3.05) is 5.32 Å². The highest BCUT2D eigenvalue weighted by atomic mass is 32.1. The van der Waals surface area contributed by atoms with Gasteiger partial charge in [-0.15, -0.1) is 5.10 Å². The molecule has 0 radical (unpaired) electrons. The zero-order valence-corrected chi connectivity index (χ0v) is 26.9. The lowest BCUT2D eigenvalue weighted by Gasteiger charge is -2.38. The normalized spacial score (nSPS) is 14.5. The second-order valence-corrected chi connectivity index (χ2v) is 12.8. The van der Waals surface area contributed by atoms with Gasteiger partial charge in [0.05, 0.1) is 6.04 Å². The van der Waals surface area contributed by atoms with Crippen molar-refractivity contribution < 1.29 is 23.9 Å². The van der Waals surface area contributed by atoms with Crippen LogP contribution in [0.25, 0.3) is 0 Å². The Morgan fingerprint density at radius 2 is 1.54 bits per heavy atom. The number of aromatic amines is 1. The second-order valence-electron chi connectivity index (χ2n) is 11.2. The van der Waals surface area contributed by atoms with Crippen molar-refractivity contribution in [3.8, 4) is 5.75 Å². The van der Waals surface area contributed by atoms with E-state index in [4.69, 9.17) is 27.4 Å². The molecule has 2 amide bonds. The van der Waals surface area contributed by atoms with Gasteiger partial charge in [-0.2, -0.15) is 0 Å². The van der Waals surface area contributed by atoms with Gasteiger partial charge in [0.25, 0.3) is 5.91 Å². The van der Waals surface area contributed by atoms with E-state index in [2.05, 4.69) is 15.5 Å². The van der Waals surface area contributed by atoms with Crippen molar-refractivity contribution in [2.45, 2.75) is 69.9 Å². The van der Waals surface area contributed by atoms with Crippen LogP contribution in [0.1, 0.15) is 48.8 Å². The number of nitrogens with two attached hydrogens (primary N) is 1. The van der Waals surface area contributed by atoms with E-state index in [1.54, 1.807) is 0 Å². The number of Topliss-reactive ketones (excluding diaryl/α,β-unsaturated/α-hetero) is 1. The number of aromatic nitrogens is 2. The quantitative estimate of drug-likeness (QED) is 0.114. The lowest BCUT2D eigenvalue weighted by Crippen LogP contribution is -2.60. The topological polar surface area (TPSA) is 140 Å². The summed E-state index contributed by atoms with van der Waals surface area (Å²) < 4.78 is 12.0. The first-order valence-corrected chi connectivity index (χ1v) is 16.5. The van der Waals surface area contributed by atoms with Crippen LogP contribution in [0.3, 0.4) is 0 Å². The van der Waals surface area contributed by atoms with E-state index in [0.29, 0.717) is 29.2 Å². The maximum Gasteiger partial charge on any atom is 0.411 e. The zero-order chi connectivity index (χ0) is 32.3. The third kappa shape index (κ3) is 9.09. The summed E-state index contributed by atoms with van der Waals surface area (Å²) in [5.41, 5.74) is 9.14. The molecule has 1 unspecified atom stereocenters. The molecular weight excluding hydrogens is 623 g/mol. The van der Waals surface area contributed by atoms with Crippen LogP contribution in [-0.2, 0) is 34.0 Å². The highest BCUT2D eigenvalue weighted by molar-refractivity contribution is 7.73. The first kappa shape index (κ1) is 33.0. The Morgan fingerprint density at radius 1 is 0.913 bits per heavy atom. The van der Waals surface area contributed by atoms with Gasteiger partial charge in [0, 0.05) is 6.04 Å². The molecule has 0 aliphatic heterocycles. The van der Waals surface area contributed by atoms with Gasteiger partial charge in [0.2, 0.25) is 5.13 Å². The molecule has 1 aromatic heterocycles. The summed E-state index contributed by atoms with van der Waals surface area (Å²) >= 11 is 6.16. The molecule has 5 rings (SSSR count). The van der Waals surface area contributed by atoms with E-state index < -0.39 is 29.9 Å². The molecule has 3 aromatic carbocycles. The van der Waals surface area contributed by atoms with Crippen molar-refractivity contribution >= 4 is 46.5 Å². The number of carbonyl (C=O) groups excluding carboxylic acids is 3. The predicted octanol–water partition coefficient (Wildman–Crippen LogP) is 6.20. The highest BCUT2D eigenvalue weighted by Gasteiger charge is 2.43. The Bertz CT molecular complexity index is 1640. The average molecular weight is 660 g/mol. The van der Waals surface area contributed by atoms with Gasteiger partial charge in [-0.05, 0) is 60.3 Å². The third-order valence-corrected chi connectivity index (χ3v) is 8.85. The third-order valence-electron chi connectivity index (χ3n) is 7.84. The Labute approximate surface area is 276 Å². The van der Waals surface area contributed by atoms with Gasteiger partial charge in [-0.25, -0.2) is 4.79 Å². The standard InChI is InChI=1S/C34H37N5O5S2/c35-28(20-23-16-18-27(19-17-23)43-21-24-10-4-1-5-11-24)30(40)29(31(41)36-32-37-38-33(45)46-32)39(26-14-8-3-9-15-26)34(42)44-22-25-12-6-2-7-13-25/h1-2,4-7,10-13,16-19,26,28-29H,3,8-9,14-15,20-22,35H2,(H,38,45)(H,36,37,41)/t28-,29?/m0/s1. The van der Waals surface area contributed by atoms with Crippen LogP contribution in [0, 0.1) is 3.95 Å². The zero-order valence-electron chi connectivity index (χ0n) is 25.3. The number of hydrogen-bond acceptors (Lipinski definition) is 9. The van der Waals surface area contributed by atoms with Gasteiger partial charge in [0.15, 0.2) is 15.8 Å². The summed E-state index contributed by atoms with van der Waals surface area (Å²) in [6, 6.07) is 23.4. The summed E-state index contributed by atoms with van der Waals surface area (Å²) in [5.74, 6) is -0.635. The number of anilines is 1. The van der Waals surface area contributed by atoms with Crippen molar-refractivity contribution in [3.63, 3.8) is 0 Å². The van der Waals surface area contributed by atoms with E-state index in [1.807, 2.05) is 84.9 Å². The molecule has 4 aromatic rings. The molecule has 1 saturated carbocycles. The van der Waals surface area contributed by atoms with Crippen molar-refractivity contribution in [1.82, 2.24) is 15.1 Å². The highest BCUT2D eigenvalue weighted by Crippen LogP contribution is 2.27. The van der Waals surface area contributed by atoms with Crippen LogP contribution < -0.4 is 15.8 Å². The second kappa shape index (κ2) is 16.3. The molecule has 46 heavy (non-hydrogen) atoms. The number of amides is 2. The summed E-state index contributed by atoms with van der Waals surface area (Å²) in [5, 5.41) is 9.49. The molecule has 240 valence electrons. The van der Waals surface area contributed by atoms with Gasteiger partial charge in [-0.3, -0.25) is 24.9 Å². The number of nitrogens with zero attached hydrogens (tertiary/aromatic N) is 2. The Hall–Kier alpha value is -4.39. The Kier molecular flexibility index (Phi) is 11.7. The van der Waals surface area contributed by atoms with Gasteiger partial charge < -0.3 is 15.2 Å². The minimum atomic E-state index is -1.53. The van der Waals surface area contributed by atoms with E-state index in [-0.39, 0.29) is 24.2 Å².